The summed E-state index contributed by atoms with van der Waals surface area (Å²) in [6.07, 6.45) is 1.70. The monoisotopic (exact) mass is 265 g/mol. The summed E-state index contributed by atoms with van der Waals surface area (Å²) in [4.78, 5) is 11.3. The number of hydrogen-bond donors (Lipinski definition) is 3. The highest BCUT2D eigenvalue weighted by molar-refractivity contribution is 7.99. The molecule has 0 heterocycles. The van der Waals surface area contributed by atoms with E-state index in [2.05, 4.69) is 4.74 Å². The average Bonchev–Trinajstić information content (AvgIpc) is 2.31. The van der Waals surface area contributed by atoms with Crippen molar-refractivity contribution in [1.82, 2.24) is 0 Å². The van der Waals surface area contributed by atoms with Crippen LogP contribution in [0.2, 0.25) is 0 Å². The van der Waals surface area contributed by atoms with Gasteiger partial charge in [0.2, 0.25) is 0 Å². The lowest BCUT2D eigenvalue weighted by molar-refractivity contribution is -0.146. The van der Waals surface area contributed by atoms with Crippen molar-refractivity contribution in [3.8, 4) is 0 Å². The van der Waals surface area contributed by atoms with Gasteiger partial charge in [0.25, 0.3) is 0 Å². The zero-order valence-electron chi connectivity index (χ0n) is 10.5. The fraction of sp³-hybridized carbons (Fsp3) is 0.909. The molecule has 0 fully saturated rings. The summed E-state index contributed by atoms with van der Waals surface area (Å²) in [6.45, 7) is 1.47. The molecular formula is C11H23NO4S. The minimum Gasteiger partial charge on any atom is -0.468 e. The molecule has 0 amide bonds. The second-order valence-corrected chi connectivity index (χ2v) is 5.43. The molecule has 17 heavy (non-hydrogen) atoms. The third-order valence-corrected chi connectivity index (χ3v) is 3.61. The van der Waals surface area contributed by atoms with Crippen molar-refractivity contribution in [3.63, 3.8) is 0 Å². The Morgan fingerprint density at radius 3 is 2.71 bits per heavy atom. The maximum Gasteiger partial charge on any atom is 0.325 e. The molecule has 2 atom stereocenters. The topological polar surface area (TPSA) is 92.8 Å². The first-order valence-electron chi connectivity index (χ1n) is 5.68. The minimum absolute atomic E-state index is 0.198. The predicted molar refractivity (Wildman–Crippen MR) is 68.9 cm³/mol. The Balaban J connectivity index is 3.54. The van der Waals surface area contributed by atoms with Crippen LogP contribution < -0.4 is 5.73 Å². The Morgan fingerprint density at radius 1 is 1.53 bits per heavy atom. The van der Waals surface area contributed by atoms with Gasteiger partial charge < -0.3 is 20.7 Å². The molecular weight excluding hydrogens is 242 g/mol. The van der Waals surface area contributed by atoms with Gasteiger partial charge in [0.05, 0.1) is 19.8 Å². The van der Waals surface area contributed by atoms with Crippen molar-refractivity contribution in [2.75, 3.05) is 25.2 Å². The third kappa shape index (κ3) is 7.59. The van der Waals surface area contributed by atoms with Crippen molar-refractivity contribution < 1.29 is 19.7 Å². The molecule has 0 saturated carbocycles. The molecule has 0 aliphatic carbocycles. The van der Waals surface area contributed by atoms with Gasteiger partial charge in [-0.3, -0.25) is 4.79 Å². The molecule has 2 unspecified atom stereocenters. The standard InChI is InChI=1S/C11H23NO4S/c1-11(12,10(15)16-2)5-3-4-6-17-8-9(14)7-13/h9,13-14H,3-8,12H2,1-2H3. The number of hydrogen-bond acceptors (Lipinski definition) is 6. The first-order chi connectivity index (χ1) is 7.94. The lowest BCUT2D eigenvalue weighted by Crippen LogP contribution is -2.45. The highest BCUT2D eigenvalue weighted by atomic mass is 32.2. The van der Waals surface area contributed by atoms with Crippen LogP contribution in [0.3, 0.4) is 0 Å². The number of aliphatic hydroxyl groups is 2. The first-order valence-corrected chi connectivity index (χ1v) is 6.83. The zero-order chi connectivity index (χ0) is 13.3. The molecule has 0 saturated heterocycles. The lowest BCUT2D eigenvalue weighted by atomic mass is 9.97. The van der Waals surface area contributed by atoms with E-state index in [9.17, 15) is 4.79 Å². The molecule has 0 aromatic carbocycles. The first kappa shape index (κ1) is 16.7. The van der Waals surface area contributed by atoms with Gasteiger partial charge in [0.1, 0.15) is 5.54 Å². The van der Waals surface area contributed by atoms with Crippen molar-refractivity contribution in [1.29, 1.82) is 0 Å². The van der Waals surface area contributed by atoms with Crippen LogP contribution in [0.5, 0.6) is 0 Å². The highest BCUT2D eigenvalue weighted by Crippen LogP contribution is 2.14. The Bertz CT molecular complexity index is 224. The lowest BCUT2D eigenvalue weighted by Gasteiger charge is -2.21. The second kappa shape index (κ2) is 8.74. The van der Waals surface area contributed by atoms with E-state index in [1.165, 1.54) is 7.11 Å². The molecule has 0 spiro atoms. The van der Waals surface area contributed by atoms with Crippen LogP contribution >= 0.6 is 11.8 Å². The Labute approximate surface area is 107 Å². The van der Waals surface area contributed by atoms with Crippen LogP contribution in [0, 0.1) is 0 Å². The second-order valence-electron chi connectivity index (χ2n) is 4.28. The number of nitrogens with two attached hydrogens (primary N) is 1. The van der Waals surface area contributed by atoms with E-state index in [0.29, 0.717) is 12.2 Å². The zero-order valence-corrected chi connectivity index (χ0v) is 11.3. The van der Waals surface area contributed by atoms with Gasteiger partial charge in [-0.25, -0.2) is 0 Å². The predicted octanol–water partition coefficient (Wildman–Crippen LogP) is 0.133. The number of carbonyl (C=O) groups excluding carboxylic acids is 1. The van der Waals surface area contributed by atoms with Crippen LogP contribution in [0.1, 0.15) is 26.2 Å². The number of aliphatic hydroxyl groups excluding tert-OH is 2. The molecule has 5 nitrogen and oxygen atoms in total. The number of carbonyl (C=O) groups is 1. The van der Waals surface area contributed by atoms with Gasteiger partial charge in [-0.1, -0.05) is 6.42 Å². The summed E-state index contributed by atoms with van der Waals surface area (Å²) in [5.74, 6) is 1.03. The third-order valence-electron chi connectivity index (χ3n) is 2.41. The highest BCUT2D eigenvalue weighted by Gasteiger charge is 2.28. The van der Waals surface area contributed by atoms with Gasteiger partial charge in [0, 0.05) is 5.75 Å². The number of methoxy groups -OCH3 is 1. The molecule has 102 valence electrons. The van der Waals surface area contributed by atoms with E-state index in [0.717, 1.165) is 18.6 Å². The average molecular weight is 265 g/mol. The maximum atomic E-state index is 11.3. The molecule has 4 N–H and O–H groups in total. The minimum atomic E-state index is -0.913. The summed E-state index contributed by atoms with van der Waals surface area (Å²) in [6, 6.07) is 0. The Kier molecular flexibility index (Phi) is 8.59. The molecule has 0 aromatic rings. The van der Waals surface area contributed by atoms with Crippen molar-refractivity contribution in [2.24, 2.45) is 5.73 Å². The Morgan fingerprint density at radius 2 is 2.18 bits per heavy atom. The summed E-state index contributed by atoms with van der Waals surface area (Å²) in [5, 5.41) is 17.7. The molecule has 0 aliphatic heterocycles. The molecule has 0 aromatic heterocycles. The molecule has 0 rings (SSSR count). The molecule has 6 heteroatoms. The largest absolute Gasteiger partial charge is 0.468 e. The summed E-state index contributed by atoms with van der Waals surface area (Å²) < 4.78 is 4.61. The normalized spacial score (nSPS) is 16.3. The molecule has 0 aliphatic rings. The van der Waals surface area contributed by atoms with Crippen molar-refractivity contribution in [3.05, 3.63) is 0 Å². The van der Waals surface area contributed by atoms with Gasteiger partial charge in [-0.15, -0.1) is 0 Å². The van der Waals surface area contributed by atoms with Gasteiger partial charge in [0.15, 0.2) is 0 Å². The van der Waals surface area contributed by atoms with E-state index < -0.39 is 11.6 Å². The number of unbranched alkanes of at least 4 members (excludes halogenated alkanes) is 1. The van der Waals surface area contributed by atoms with Crippen LogP contribution in [-0.2, 0) is 9.53 Å². The number of rotatable bonds is 9. The van der Waals surface area contributed by atoms with E-state index in [1.807, 2.05) is 0 Å². The van der Waals surface area contributed by atoms with E-state index >= 15 is 0 Å². The number of esters is 1. The number of thioether (sulfide) groups is 1. The summed E-state index contributed by atoms with van der Waals surface area (Å²) in [7, 11) is 1.33. The van der Waals surface area contributed by atoms with Crippen LogP contribution in [0.4, 0.5) is 0 Å². The van der Waals surface area contributed by atoms with Gasteiger partial charge >= 0.3 is 5.97 Å². The van der Waals surface area contributed by atoms with Crippen LogP contribution in [0.15, 0.2) is 0 Å². The summed E-state index contributed by atoms with van der Waals surface area (Å²) >= 11 is 1.58. The Hall–Kier alpha value is -0.300. The van der Waals surface area contributed by atoms with Crippen molar-refractivity contribution >= 4 is 17.7 Å². The van der Waals surface area contributed by atoms with E-state index in [-0.39, 0.29) is 12.6 Å². The fourth-order valence-corrected chi connectivity index (χ4v) is 2.26. The SMILES string of the molecule is COC(=O)C(C)(N)CCCCSCC(O)CO. The fourth-order valence-electron chi connectivity index (χ4n) is 1.30. The molecule has 0 radical (unpaired) electrons. The van der Waals surface area contributed by atoms with Crippen LogP contribution in [0.25, 0.3) is 0 Å². The number of ether oxygens (including phenoxy) is 1. The van der Waals surface area contributed by atoms with E-state index in [4.69, 9.17) is 15.9 Å². The maximum absolute atomic E-state index is 11.3. The van der Waals surface area contributed by atoms with Gasteiger partial charge in [-0.2, -0.15) is 11.8 Å². The quantitative estimate of drug-likeness (QED) is 0.405. The smallest absolute Gasteiger partial charge is 0.325 e. The van der Waals surface area contributed by atoms with Gasteiger partial charge in [-0.05, 0) is 25.5 Å². The van der Waals surface area contributed by atoms with Crippen molar-refractivity contribution in [2.45, 2.75) is 37.8 Å². The molecule has 0 bridgehead atoms. The summed E-state index contributed by atoms with van der Waals surface area (Å²) in [5.41, 5.74) is 4.89. The van der Waals surface area contributed by atoms with E-state index in [1.54, 1.807) is 18.7 Å². The van der Waals surface area contributed by atoms with Crippen LogP contribution in [-0.4, -0.2) is 53.0 Å².